The monoisotopic (exact) mass is 297 g/mol. The first kappa shape index (κ1) is 13.9. The maximum Gasteiger partial charge on any atom is 0.244 e. The number of hydrogen-bond donors (Lipinski definition) is 2. The summed E-state index contributed by atoms with van der Waals surface area (Å²) in [6.45, 7) is 0. The molecule has 0 saturated carbocycles. The first-order chi connectivity index (χ1) is 10.6. The summed E-state index contributed by atoms with van der Waals surface area (Å²) in [5.41, 5.74) is 7.06. The van der Waals surface area contributed by atoms with E-state index in [2.05, 4.69) is 20.3 Å². The summed E-state index contributed by atoms with van der Waals surface area (Å²) in [6, 6.07) is 8.13. The molecule has 6 nitrogen and oxygen atoms in total. The number of benzene rings is 1. The molecule has 3 N–H and O–H groups in total. The number of carbonyl (C=O) groups excluding carboxylic acids is 1. The molecule has 2 aromatic heterocycles. The lowest BCUT2D eigenvalue weighted by Gasteiger charge is -2.16. The van der Waals surface area contributed by atoms with Crippen LogP contribution >= 0.6 is 0 Å². The van der Waals surface area contributed by atoms with Crippen molar-refractivity contribution in [3.8, 4) is 0 Å². The van der Waals surface area contributed by atoms with E-state index in [4.69, 9.17) is 5.73 Å². The summed E-state index contributed by atoms with van der Waals surface area (Å²) in [7, 11) is 0. The second kappa shape index (κ2) is 5.72. The maximum atomic E-state index is 13.0. The largest absolute Gasteiger partial charge is 0.368 e. The summed E-state index contributed by atoms with van der Waals surface area (Å²) < 4.78 is 13.0. The number of carbonyl (C=O) groups is 1. The molecule has 7 heteroatoms. The number of anilines is 1. The maximum absolute atomic E-state index is 13.0. The third kappa shape index (κ3) is 2.83. The van der Waals surface area contributed by atoms with Crippen molar-refractivity contribution in [2.45, 2.75) is 6.04 Å². The number of nitrogens with two attached hydrogens (primary N) is 1. The number of fused-ring (bicyclic) bond motifs is 1. The summed E-state index contributed by atoms with van der Waals surface area (Å²) in [6.07, 6.45) is 3.10. The van der Waals surface area contributed by atoms with Crippen LogP contribution in [0.25, 0.3) is 11.2 Å². The van der Waals surface area contributed by atoms with Gasteiger partial charge in [-0.25, -0.2) is 14.4 Å². The van der Waals surface area contributed by atoms with Crippen molar-refractivity contribution in [1.82, 2.24) is 15.0 Å². The minimum atomic E-state index is -0.817. The molecule has 0 radical (unpaired) electrons. The van der Waals surface area contributed by atoms with Crippen molar-refractivity contribution >= 4 is 22.9 Å². The number of primary amides is 1. The Morgan fingerprint density at radius 2 is 1.82 bits per heavy atom. The van der Waals surface area contributed by atoms with E-state index in [1.54, 1.807) is 18.3 Å². The second-order valence-corrected chi connectivity index (χ2v) is 4.63. The van der Waals surface area contributed by atoms with E-state index < -0.39 is 11.9 Å². The summed E-state index contributed by atoms with van der Waals surface area (Å²) in [4.78, 5) is 24.2. The highest BCUT2D eigenvalue weighted by Crippen LogP contribution is 2.20. The number of rotatable bonds is 4. The molecule has 1 amide bonds. The predicted molar refractivity (Wildman–Crippen MR) is 79.3 cm³/mol. The predicted octanol–water partition coefficient (Wildman–Crippen LogP) is 1.80. The van der Waals surface area contributed by atoms with E-state index in [-0.39, 0.29) is 5.82 Å². The van der Waals surface area contributed by atoms with Crippen molar-refractivity contribution < 1.29 is 9.18 Å². The van der Waals surface area contributed by atoms with E-state index in [0.717, 1.165) is 0 Å². The van der Waals surface area contributed by atoms with Crippen LogP contribution in [0.5, 0.6) is 0 Å². The SMILES string of the molecule is NC(=O)C(Nc1ccc2nccnc2n1)c1ccc(F)cc1. The fourth-order valence-electron chi connectivity index (χ4n) is 2.06. The quantitative estimate of drug-likeness (QED) is 0.766. The van der Waals surface area contributed by atoms with Crippen molar-refractivity contribution in [1.29, 1.82) is 0 Å². The van der Waals surface area contributed by atoms with Crippen LogP contribution in [0, 0.1) is 5.82 Å². The number of amides is 1. The van der Waals surface area contributed by atoms with Crippen LogP contribution < -0.4 is 11.1 Å². The number of nitrogens with one attached hydrogen (secondary N) is 1. The van der Waals surface area contributed by atoms with E-state index in [0.29, 0.717) is 22.5 Å². The summed E-state index contributed by atoms with van der Waals surface area (Å²) >= 11 is 0. The topological polar surface area (TPSA) is 93.8 Å². The molecule has 1 atom stereocenters. The van der Waals surface area contributed by atoms with Crippen LogP contribution in [0.4, 0.5) is 10.2 Å². The minimum absolute atomic E-state index is 0.383. The third-order valence-electron chi connectivity index (χ3n) is 3.11. The van der Waals surface area contributed by atoms with Gasteiger partial charge in [-0.1, -0.05) is 12.1 Å². The Hall–Kier alpha value is -3.09. The Balaban J connectivity index is 1.92. The minimum Gasteiger partial charge on any atom is -0.368 e. The van der Waals surface area contributed by atoms with Crippen LogP contribution in [-0.2, 0) is 4.79 Å². The zero-order chi connectivity index (χ0) is 15.5. The van der Waals surface area contributed by atoms with Crippen LogP contribution in [0.15, 0.2) is 48.8 Å². The van der Waals surface area contributed by atoms with Gasteiger partial charge in [-0.2, -0.15) is 0 Å². The van der Waals surface area contributed by atoms with Gasteiger partial charge < -0.3 is 11.1 Å². The highest BCUT2D eigenvalue weighted by Gasteiger charge is 2.18. The lowest BCUT2D eigenvalue weighted by atomic mass is 10.1. The molecule has 3 aromatic rings. The number of nitrogens with zero attached hydrogens (tertiary/aromatic N) is 3. The first-order valence-electron chi connectivity index (χ1n) is 6.52. The number of halogens is 1. The Morgan fingerprint density at radius 1 is 1.09 bits per heavy atom. The van der Waals surface area contributed by atoms with Gasteiger partial charge in [-0.3, -0.25) is 9.78 Å². The molecule has 0 fully saturated rings. The van der Waals surface area contributed by atoms with Gasteiger partial charge in [-0.15, -0.1) is 0 Å². The van der Waals surface area contributed by atoms with E-state index >= 15 is 0 Å². The van der Waals surface area contributed by atoms with Gasteiger partial charge in [0.1, 0.15) is 23.2 Å². The van der Waals surface area contributed by atoms with Gasteiger partial charge in [0.05, 0.1) is 0 Å². The molecule has 3 rings (SSSR count). The highest BCUT2D eigenvalue weighted by molar-refractivity contribution is 5.84. The molecule has 1 unspecified atom stereocenters. The molecule has 22 heavy (non-hydrogen) atoms. The number of pyridine rings is 1. The lowest BCUT2D eigenvalue weighted by Crippen LogP contribution is -2.28. The fourth-order valence-corrected chi connectivity index (χ4v) is 2.06. The van der Waals surface area contributed by atoms with Crippen molar-refractivity contribution in [2.75, 3.05) is 5.32 Å². The highest BCUT2D eigenvalue weighted by atomic mass is 19.1. The standard InChI is InChI=1S/C15H12FN5O/c16-10-3-1-9(2-4-10)13(14(17)22)20-12-6-5-11-15(21-12)19-8-7-18-11/h1-8,13H,(H2,17,22)(H,19,20,21). The molecule has 0 saturated heterocycles. The molecule has 0 aliphatic rings. The van der Waals surface area contributed by atoms with Crippen molar-refractivity contribution in [3.63, 3.8) is 0 Å². The van der Waals surface area contributed by atoms with Gasteiger partial charge in [0.25, 0.3) is 0 Å². The molecule has 0 aliphatic carbocycles. The molecular formula is C15H12FN5O. The summed E-state index contributed by atoms with van der Waals surface area (Å²) in [5, 5.41) is 2.93. The van der Waals surface area contributed by atoms with Gasteiger partial charge in [0, 0.05) is 12.4 Å². The summed E-state index contributed by atoms with van der Waals surface area (Å²) in [5.74, 6) is -0.542. The first-order valence-corrected chi connectivity index (χ1v) is 6.52. The molecule has 1 aromatic carbocycles. The number of aromatic nitrogens is 3. The Kier molecular flexibility index (Phi) is 3.61. The van der Waals surface area contributed by atoms with Gasteiger partial charge in [-0.05, 0) is 29.8 Å². The van der Waals surface area contributed by atoms with E-state index in [1.807, 2.05) is 0 Å². The van der Waals surface area contributed by atoms with Gasteiger partial charge in [0.2, 0.25) is 5.91 Å². The zero-order valence-corrected chi connectivity index (χ0v) is 11.4. The average Bonchev–Trinajstić information content (AvgIpc) is 2.53. The van der Waals surface area contributed by atoms with Crippen molar-refractivity contribution in [2.24, 2.45) is 5.73 Å². The van der Waals surface area contributed by atoms with Crippen LogP contribution in [-0.4, -0.2) is 20.9 Å². The van der Waals surface area contributed by atoms with Crippen LogP contribution in [0.3, 0.4) is 0 Å². The lowest BCUT2D eigenvalue weighted by molar-refractivity contribution is -0.118. The Bertz CT molecular complexity index is 822. The Morgan fingerprint density at radius 3 is 2.55 bits per heavy atom. The van der Waals surface area contributed by atoms with Gasteiger partial charge in [0.15, 0.2) is 5.65 Å². The molecule has 2 heterocycles. The average molecular weight is 297 g/mol. The van der Waals surface area contributed by atoms with Crippen LogP contribution in [0.2, 0.25) is 0 Å². The normalized spacial score (nSPS) is 12.0. The number of hydrogen-bond acceptors (Lipinski definition) is 5. The molecule has 0 aliphatic heterocycles. The molecule has 0 bridgehead atoms. The van der Waals surface area contributed by atoms with E-state index in [1.165, 1.54) is 30.5 Å². The van der Waals surface area contributed by atoms with Gasteiger partial charge >= 0.3 is 0 Å². The molecule has 0 spiro atoms. The molecule has 110 valence electrons. The van der Waals surface area contributed by atoms with E-state index in [9.17, 15) is 9.18 Å². The zero-order valence-electron chi connectivity index (χ0n) is 11.4. The Labute approximate surface area is 125 Å². The van der Waals surface area contributed by atoms with Crippen LogP contribution in [0.1, 0.15) is 11.6 Å². The fraction of sp³-hybridized carbons (Fsp3) is 0.0667. The molecular weight excluding hydrogens is 285 g/mol. The third-order valence-corrected chi connectivity index (χ3v) is 3.11. The second-order valence-electron chi connectivity index (χ2n) is 4.63. The van der Waals surface area contributed by atoms with Crippen molar-refractivity contribution in [3.05, 3.63) is 60.2 Å². The smallest absolute Gasteiger partial charge is 0.244 e.